The molecule has 0 heterocycles. The highest BCUT2D eigenvalue weighted by atomic mass is 19.4. The van der Waals surface area contributed by atoms with E-state index >= 15 is 0 Å². The Morgan fingerprint density at radius 2 is 1.56 bits per heavy atom. The number of halogens is 6. The molecule has 4 aliphatic carbocycles. The molecule has 4 saturated carbocycles. The summed E-state index contributed by atoms with van der Waals surface area (Å²) < 4.78 is 78.0. The zero-order valence-electron chi connectivity index (χ0n) is 20.4. The lowest BCUT2D eigenvalue weighted by Crippen LogP contribution is -2.55. The van der Waals surface area contributed by atoms with Crippen molar-refractivity contribution in [3.8, 4) is 11.8 Å². The number of hydrogen-bond acceptors (Lipinski definition) is 3. The summed E-state index contributed by atoms with van der Waals surface area (Å²) in [5.41, 5.74) is -3.25. The topological polar surface area (TPSA) is 60.7 Å². The fourth-order valence-electron chi connectivity index (χ4n) is 7.24. The van der Waals surface area contributed by atoms with E-state index in [9.17, 15) is 41.7 Å². The number of aliphatic hydroxyl groups excluding tert-OH is 2. The maximum absolute atomic E-state index is 13.0. The van der Waals surface area contributed by atoms with E-state index in [1.807, 2.05) is 6.08 Å². The van der Waals surface area contributed by atoms with Crippen LogP contribution in [-0.2, 0) is 0 Å². The number of fused-ring (bicyclic) bond motifs is 1. The van der Waals surface area contributed by atoms with Crippen LogP contribution in [-0.4, -0.2) is 45.5 Å². The van der Waals surface area contributed by atoms with Crippen LogP contribution in [0.3, 0.4) is 0 Å². The molecule has 0 aromatic heterocycles. The third kappa shape index (κ3) is 4.98. The largest absolute Gasteiger partial charge is 0.438 e. The average molecular weight is 521 g/mol. The zero-order valence-corrected chi connectivity index (χ0v) is 20.4. The van der Waals surface area contributed by atoms with Crippen LogP contribution in [0.25, 0.3) is 0 Å². The smallest absolute Gasteiger partial charge is 0.393 e. The van der Waals surface area contributed by atoms with Crippen molar-refractivity contribution in [3.05, 3.63) is 23.3 Å². The monoisotopic (exact) mass is 520 g/mol. The first-order valence-corrected chi connectivity index (χ1v) is 12.7. The first kappa shape index (κ1) is 27.5. The standard InChI is InChI=1S/C27H34F6O3/c1-23-9-2-4-18(6-5-17-14-19(34)16-20(35)15-17)21(23)7-8-22(23)24(12-13-24)10-3-11-25(36,26(28,29)30)27(31,32)33/h5-6,19-22,34-36H,2,4,7-10,12-16H2,1H3/b18-6+/t19-,20-,21+,22+,23+/m1/s1. The first-order valence-electron chi connectivity index (χ1n) is 12.7. The van der Waals surface area contributed by atoms with E-state index in [0.29, 0.717) is 32.1 Å². The van der Waals surface area contributed by atoms with Crippen molar-refractivity contribution in [2.45, 2.75) is 108 Å². The summed E-state index contributed by atoms with van der Waals surface area (Å²) in [4.78, 5) is 0. The predicted molar refractivity (Wildman–Crippen MR) is 121 cm³/mol. The quantitative estimate of drug-likeness (QED) is 0.317. The summed E-state index contributed by atoms with van der Waals surface area (Å²) in [7, 11) is 0. The number of rotatable bonds is 3. The van der Waals surface area contributed by atoms with Gasteiger partial charge < -0.3 is 15.3 Å². The van der Waals surface area contributed by atoms with Crippen molar-refractivity contribution >= 4 is 0 Å². The van der Waals surface area contributed by atoms with Crippen molar-refractivity contribution in [2.75, 3.05) is 0 Å². The van der Waals surface area contributed by atoms with Crippen LogP contribution < -0.4 is 0 Å². The Hall–Kier alpha value is -1.50. The second-order valence-electron chi connectivity index (χ2n) is 11.6. The van der Waals surface area contributed by atoms with Gasteiger partial charge in [-0.05, 0) is 92.8 Å². The van der Waals surface area contributed by atoms with Crippen LogP contribution >= 0.6 is 0 Å². The normalized spacial score (nSPS) is 35.7. The fraction of sp³-hybridized carbons (Fsp3) is 0.778. The summed E-state index contributed by atoms with van der Waals surface area (Å²) in [6.07, 6.45) is -1.47. The van der Waals surface area contributed by atoms with Crippen LogP contribution in [0.15, 0.2) is 23.3 Å². The van der Waals surface area contributed by atoms with Crippen LogP contribution in [0.5, 0.6) is 0 Å². The Labute approximate surface area is 207 Å². The summed E-state index contributed by atoms with van der Waals surface area (Å²) in [5.74, 6) is 3.68. The van der Waals surface area contributed by atoms with Crippen LogP contribution in [0, 0.1) is 34.5 Å². The molecule has 5 atom stereocenters. The first-order chi connectivity index (χ1) is 16.6. The molecule has 4 fully saturated rings. The minimum absolute atomic E-state index is 0.0900. The third-order valence-corrected chi connectivity index (χ3v) is 9.20. The molecule has 0 bridgehead atoms. The molecule has 0 unspecified atom stereocenters. The molecule has 4 aliphatic rings. The van der Waals surface area contributed by atoms with Crippen molar-refractivity contribution in [2.24, 2.45) is 22.7 Å². The van der Waals surface area contributed by atoms with E-state index in [4.69, 9.17) is 0 Å². The van der Waals surface area contributed by atoms with Gasteiger partial charge in [-0.15, -0.1) is 0 Å². The van der Waals surface area contributed by atoms with Gasteiger partial charge in [0, 0.05) is 6.42 Å². The lowest BCUT2D eigenvalue weighted by atomic mass is 9.59. The van der Waals surface area contributed by atoms with Crippen molar-refractivity contribution in [1.29, 1.82) is 0 Å². The molecular weight excluding hydrogens is 486 g/mol. The number of allylic oxidation sites excluding steroid dienone is 3. The molecule has 202 valence electrons. The molecule has 0 aromatic rings. The lowest BCUT2D eigenvalue weighted by Gasteiger charge is -2.45. The minimum Gasteiger partial charge on any atom is -0.393 e. The van der Waals surface area contributed by atoms with Gasteiger partial charge in [-0.2, -0.15) is 26.3 Å². The molecule has 9 heteroatoms. The second-order valence-corrected chi connectivity index (χ2v) is 11.6. The van der Waals surface area contributed by atoms with Gasteiger partial charge in [-0.25, -0.2) is 0 Å². The number of alkyl halides is 6. The van der Waals surface area contributed by atoms with E-state index in [2.05, 4.69) is 18.9 Å². The molecule has 3 N–H and O–H groups in total. The van der Waals surface area contributed by atoms with Gasteiger partial charge in [0.15, 0.2) is 0 Å². The minimum atomic E-state index is -5.93. The predicted octanol–water partition coefficient (Wildman–Crippen LogP) is 5.99. The maximum atomic E-state index is 13.0. The molecule has 36 heavy (non-hydrogen) atoms. The van der Waals surface area contributed by atoms with Gasteiger partial charge in [0.2, 0.25) is 0 Å². The van der Waals surface area contributed by atoms with Gasteiger partial charge in [0.25, 0.3) is 0 Å². The van der Waals surface area contributed by atoms with E-state index in [-0.39, 0.29) is 23.7 Å². The SMILES string of the molecule is C[C@]12CCC/C(=C\C=C3C[C@@H](O)C[C@H](O)C3)[C@@H]1CC[C@@H]2C1(CC#CC(O)(C(F)(F)F)C(F)(F)F)CC1. The fourth-order valence-corrected chi connectivity index (χ4v) is 7.24. The van der Waals surface area contributed by atoms with E-state index in [1.165, 1.54) is 5.57 Å². The van der Waals surface area contributed by atoms with Gasteiger partial charge in [-0.3, -0.25) is 0 Å². The number of hydrogen-bond donors (Lipinski definition) is 3. The van der Waals surface area contributed by atoms with Crippen molar-refractivity contribution < 1.29 is 41.7 Å². The van der Waals surface area contributed by atoms with Crippen molar-refractivity contribution in [3.63, 3.8) is 0 Å². The zero-order chi connectivity index (χ0) is 26.6. The Balaban J connectivity index is 1.52. The summed E-state index contributed by atoms with van der Waals surface area (Å²) in [6.45, 7) is 2.19. The number of aliphatic hydroxyl groups is 3. The van der Waals surface area contributed by atoms with Crippen LogP contribution in [0.2, 0.25) is 0 Å². The van der Waals surface area contributed by atoms with E-state index < -0.39 is 35.6 Å². The van der Waals surface area contributed by atoms with Crippen molar-refractivity contribution in [1.82, 2.24) is 0 Å². The van der Waals surface area contributed by atoms with Crippen LogP contribution in [0.1, 0.15) is 77.6 Å². The average Bonchev–Trinajstić information content (AvgIpc) is 3.42. The molecule has 0 aliphatic heterocycles. The third-order valence-electron chi connectivity index (χ3n) is 9.20. The van der Waals surface area contributed by atoms with E-state index in [0.717, 1.165) is 43.6 Å². The highest BCUT2D eigenvalue weighted by Crippen LogP contribution is 2.69. The summed E-state index contributed by atoms with van der Waals surface area (Å²) in [5, 5.41) is 29.3. The van der Waals surface area contributed by atoms with Gasteiger partial charge in [-0.1, -0.05) is 36.1 Å². The molecule has 0 saturated heterocycles. The van der Waals surface area contributed by atoms with Crippen LogP contribution in [0.4, 0.5) is 26.3 Å². The van der Waals surface area contributed by atoms with Gasteiger partial charge in [0.1, 0.15) is 0 Å². The van der Waals surface area contributed by atoms with E-state index in [1.54, 1.807) is 0 Å². The highest BCUT2D eigenvalue weighted by Gasteiger charge is 2.70. The lowest BCUT2D eigenvalue weighted by molar-refractivity contribution is -0.343. The molecule has 3 nitrogen and oxygen atoms in total. The summed E-state index contributed by atoms with van der Waals surface area (Å²) >= 11 is 0. The van der Waals surface area contributed by atoms with Gasteiger partial charge >= 0.3 is 18.0 Å². The maximum Gasteiger partial charge on any atom is 0.438 e. The molecule has 0 amide bonds. The highest BCUT2D eigenvalue weighted by molar-refractivity contribution is 5.28. The Bertz CT molecular complexity index is 939. The Morgan fingerprint density at radius 1 is 0.944 bits per heavy atom. The Kier molecular flexibility index (Phi) is 7.15. The molecular formula is C27H34F6O3. The molecule has 0 spiro atoms. The molecule has 0 radical (unpaired) electrons. The molecule has 4 rings (SSSR count). The summed E-state index contributed by atoms with van der Waals surface area (Å²) in [6, 6.07) is 0. The van der Waals surface area contributed by atoms with Gasteiger partial charge in [0.05, 0.1) is 12.2 Å². The second kappa shape index (κ2) is 9.36. The molecule has 0 aromatic carbocycles. The Morgan fingerprint density at radius 3 is 2.11 bits per heavy atom.